The zero-order valence-corrected chi connectivity index (χ0v) is 10.4. The van der Waals surface area contributed by atoms with E-state index in [1.165, 1.54) is 0 Å². The van der Waals surface area contributed by atoms with E-state index in [1.807, 2.05) is 0 Å². The molecule has 1 atom stereocenters. The van der Waals surface area contributed by atoms with Gasteiger partial charge in [-0.3, -0.25) is 4.79 Å². The number of rotatable bonds is 7. The summed E-state index contributed by atoms with van der Waals surface area (Å²) in [6.07, 6.45) is 2.96. The lowest BCUT2D eigenvalue weighted by Gasteiger charge is -2.08. The van der Waals surface area contributed by atoms with Crippen molar-refractivity contribution in [2.24, 2.45) is 11.7 Å². The predicted octanol–water partition coefficient (Wildman–Crippen LogP) is 2.27. The molecule has 3 heteroatoms. The Kier molecular flexibility index (Phi) is 5.70. The third-order valence-electron chi connectivity index (χ3n) is 2.91. The minimum Gasteiger partial charge on any atom is -0.508 e. The van der Waals surface area contributed by atoms with Crippen molar-refractivity contribution in [2.45, 2.75) is 32.6 Å². The number of carbonyl (C=O) groups excluding carboxylic acids is 1. The Morgan fingerprint density at radius 3 is 2.53 bits per heavy atom. The highest BCUT2D eigenvalue weighted by atomic mass is 16.3. The third kappa shape index (κ3) is 5.50. The van der Waals surface area contributed by atoms with Crippen LogP contribution in [-0.4, -0.2) is 17.4 Å². The van der Waals surface area contributed by atoms with E-state index < -0.39 is 0 Å². The van der Waals surface area contributed by atoms with Crippen LogP contribution in [0.25, 0.3) is 0 Å². The molecule has 0 saturated carbocycles. The van der Waals surface area contributed by atoms with Crippen LogP contribution in [0, 0.1) is 5.92 Å². The largest absolute Gasteiger partial charge is 0.508 e. The van der Waals surface area contributed by atoms with Crippen LogP contribution in [0.3, 0.4) is 0 Å². The molecule has 0 aliphatic carbocycles. The monoisotopic (exact) mass is 235 g/mol. The number of ketones is 1. The fourth-order valence-corrected chi connectivity index (χ4v) is 1.77. The number of hydrogen-bond donors (Lipinski definition) is 2. The number of phenolic OH excluding ortho intramolecular Hbond substituents is 1. The van der Waals surface area contributed by atoms with Gasteiger partial charge in [0.1, 0.15) is 11.5 Å². The average Bonchev–Trinajstić information content (AvgIpc) is 2.30. The number of phenols is 1. The average molecular weight is 235 g/mol. The first-order chi connectivity index (χ1) is 8.11. The predicted molar refractivity (Wildman–Crippen MR) is 68.9 cm³/mol. The maximum Gasteiger partial charge on any atom is 0.137 e. The van der Waals surface area contributed by atoms with E-state index in [-0.39, 0.29) is 11.5 Å². The van der Waals surface area contributed by atoms with Gasteiger partial charge in [-0.2, -0.15) is 0 Å². The third-order valence-corrected chi connectivity index (χ3v) is 2.91. The maximum absolute atomic E-state index is 11.7. The Morgan fingerprint density at radius 1 is 1.29 bits per heavy atom. The van der Waals surface area contributed by atoms with Crippen molar-refractivity contribution in [1.82, 2.24) is 0 Å². The normalized spacial score (nSPS) is 12.4. The molecular weight excluding hydrogens is 214 g/mol. The summed E-state index contributed by atoms with van der Waals surface area (Å²) in [5.74, 6) is 1.00. The summed E-state index contributed by atoms with van der Waals surface area (Å²) < 4.78 is 0. The molecule has 0 aromatic heterocycles. The van der Waals surface area contributed by atoms with Crippen LogP contribution in [0.4, 0.5) is 0 Å². The quantitative estimate of drug-likeness (QED) is 0.762. The molecule has 3 nitrogen and oxygen atoms in total. The first-order valence-electron chi connectivity index (χ1n) is 6.11. The Balaban J connectivity index is 2.32. The lowest BCUT2D eigenvalue weighted by atomic mass is 9.98. The van der Waals surface area contributed by atoms with Crippen LogP contribution in [0.15, 0.2) is 24.3 Å². The molecule has 0 radical (unpaired) electrons. The smallest absolute Gasteiger partial charge is 0.137 e. The van der Waals surface area contributed by atoms with E-state index in [0.717, 1.165) is 18.4 Å². The second-order valence-corrected chi connectivity index (χ2v) is 4.60. The zero-order chi connectivity index (χ0) is 12.7. The van der Waals surface area contributed by atoms with Crippen LogP contribution >= 0.6 is 0 Å². The van der Waals surface area contributed by atoms with E-state index in [9.17, 15) is 4.79 Å². The zero-order valence-electron chi connectivity index (χ0n) is 10.4. The second kappa shape index (κ2) is 7.07. The summed E-state index contributed by atoms with van der Waals surface area (Å²) in [5.41, 5.74) is 6.42. The highest BCUT2D eigenvalue weighted by Crippen LogP contribution is 2.13. The van der Waals surface area contributed by atoms with Crippen molar-refractivity contribution < 1.29 is 9.90 Å². The van der Waals surface area contributed by atoms with Crippen molar-refractivity contribution in [2.75, 3.05) is 6.54 Å². The van der Waals surface area contributed by atoms with Gasteiger partial charge in [-0.25, -0.2) is 0 Å². The molecule has 0 fully saturated rings. The summed E-state index contributed by atoms with van der Waals surface area (Å²) >= 11 is 0. The summed E-state index contributed by atoms with van der Waals surface area (Å²) in [6.45, 7) is 2.81. The van der Waals surface area contributed by atoms with Gasteiger partial charge in [0.25, 0.3) is 0 Å². The lowest BCUT2D eigenvalue weighted by molar-refractivity contribution is -0.118. The van der Waals surface area contributed by atoms with Gasteiger partial charge in [0.05, 0.1) is 0 Å². The van der Waals surface area contributed by atoms with Crippen molar-refractivity contribution in [3.05, 3.63) is 29.8 Å². The highest BCUT2D eigenvalue weighted by Gasteiger charge is 2.07. The molecule has 0 heterocycles. The van der Waals surface area contributed by atoms with Gasteiger partial charge in [-0.05, 0) is 43.0 Å². The van der Waals surface area contributed by atoms with Crippen LogP contribution < -0.4 is 5.73 Å². The molecular formula is C14H21NO2. The molecule has 94 valence electrons. The van der Waals surface area contributed by atoms with E-state index in [1.54, 1.807) is 24.3 Å². The van der Waals surface area contributed by atoms with E-state index in [0.29, 0.717) is 25.3 Å². The minimum absolute atomic E-state index is 0.234. The van der Waals surface area contributed by atoms with Gasteiger partial charge in [-0.15, -0.1) is 0 Å². The number of nitrogens with two attached hydrogens (primary N) is 1. The van der Waals surface area contributed by atoms with Gasteiger partial charge in [0.15, 0.2) is 0 Å². The van der Waals surface area contributed by atoms with Crippen LogP contribution in [0.1, 0.15) is 31.7 Å². The van der Waals surface area contributed by atoms with Crippen LogP contribution in [0.2, 0.25) is 0 Å². The molecule has 17 heavy (non-hydrogen) atoms. The Morgan fingerprint density at radius 2 is 1.94 bits per heavy atom. The molecule has 0 aliphatic rings. The van der Waals surface area contributed by atoms with Gasteiger partial charge in [0.2, 0.25) is 0 Å². The summed E-state index contributed by atoms with van der Waals surface area (Å²) in [5, 5.41) is 9.13. The SMILES string of the molecule is CC(CCN)CCC(=O)Cc1ccc(O)cc1. The molecule has 1 aromatic carbocycles. The van der Waals surface area contributed by atoms with Crippen LogP contribution in [-0.2, 0) is 11.2 Å². The molecule has 1 unspecified atom stereocenters. The number of carbonyl (C=O) groups is 1. The van der Waals surface area contributed by atoms with Gasteiger partial charge in [-0.1, -0.05) is 19.1 Å². The Labute approximate surface area is 103 Å². The van der Waals surface area contributed by atoms with Crippen molar-refractivity contribution >= 4 is 5.78 Å². The molecule has 0 amide bonds. The standard InChI is InChI=1S/C14H21NO2/c1-11(8-9-15)2-5-14(17)10-12-3-6-13(16)7-4-12/h3-4,6-7,11,16H,2,5,8-10,15H2,1H3. The molecule has 0 spiro atoms. The molecule has 0 saturated heterocycles. The number of hydrogen-bond acceptors (Lipinski definition) is 3. The van der Waals surface area contributed by atoms with Gasteiger partial charge >= 0.3 is 0 Å². The molecule has 3 N–H and O–H groups in total. The number of aromatic hydroxyl groups is 1. The molecule has 0 bridgehead atoms. The minimum atomic E-state index is 0.234. The molecule has 0 aliphatic heterocycles. The topological polar surface area (TPSA) is 63.3 Å². The van der Waals surface area contributed by atoms with Crippen molar-refractivity contribution in [1.29, 1.82) is 0 Å². The number of Topliss-reactive ketones (excluding diaryl/α,β-unsaturated/α-hetero) is 1. The highest BCUT2D eigenvalue weighted by molar-refractivity contribution is 5.80. The van der Waals surface area contributed by atoms with Crippen molar-refractivity contribution in [3.8, 4) is 5.75 Å². The fourth-order valence-electron chi connectivity index (χ4n) is 1.77. The van der Waals surface area contributed by atoms with Gasteiger partial charge < -0.3 is 10.8 Å². The molecule has 1 aromatic rings. The fraction of sp³-hybridized carbons (Fsp3) is 0.500. The summed E-state index contributed by atoms with van der Waals surface area (Å²) in [6, 6.07) is 6.80. The van der Waals surface area contributed by atoms with Crippen LogP contribution in [0.5, 0.6) is 5.75 Å². The van der Waals surface area contributed by atoms with E-state index in [4.69, 9.17) is 10.8 Å². The van der Waals surface area contributed by atoms with Gasteiger partial charge in [0, 0.05) is 12.8 Å². The van der Waals surface area contributed by atoms with E-state index >= 15 is 0 Å². The maximum atomic E-state index is 11.7. The first-order valence-corrected chi connectivity index (χ1v) is 6.11. The Bertz CT molecular complexity index is 346. The summed E-state index contributed by atoms with van der Waals surface area (Å²) in [7, 11) is 0. The molecule has 1 rings (SSSR count). The van der Waals surface area contributed by atoms with E-state index in [2.05, 4.69) is 6.92 Å². The first kappa shape index (κ1) is 13.7. The Hall–Kier alpha value is -1.35. The lowest BCUT2D eigenvalue weighted by Crippen LogP contribution is -2.09. The van der Waals surface area contributed by atoms with Crippen molar-refractivity contribution in [3.63, 3.8) is 0 Å². The summed E-state index contributed by atoms with van der Waals surface area (Å²) in [4.78, 5) is 11.7. The number of benzene rings is 1. The second-order valence-electron chi connectivity index (χ2n) is 4.60.